The van der Waals surface area contributed by atoms with E-state index in [2.05, 4.69) is 20.9 Å². The minimum absolute atomic E-state index is 0.0396. The van der Waals surface area contributed by atoms with Gasteiger partial charge in [-0.2, -0.15) is 5.26 Å². The minimum atomic E-state index is -0.419. The molecule has 0 unspecified atom stereocenters. The topological polar surface area (TPSA) is 73.7 Å². The number of halogens is 2. The number of carbonyl (C=O) groups excluding carboxylic acids is 1. The Balaban J connectivity index is 2.90. The van der Waals surface area contributed by atoms with E-state index in [1.807, 2.05) is 6.07 Å². The number of fused-ring (bicyclic) bond motifs is 1. The van der Waals surface area contributed by atoms with Crippen molar-refractivity contribution < 1.29 is 4.79 Å². The summed E-state index contributed by atoms with van der Waals surface area (Å²) in [4.78, 5) is 27.2. The molecule has 1 heterocycles. The first kappa shape index (κ1) is 15.1. The molecule has 0 aliphatic carbocycles. The SMILES string of the molecule is CC(=O)c1c(SCC#N)[nH]c2c(Br)ccc(Cl)c2c1=O. The van der Waals surface area contributed by atoms with E-state index in [1.165, 1.54) is 6.92 Å². The summed E-state index contributed by atoms with van der Waals surface area (Å²) >= 11 is 10.5. The molecule has 0 amide bonds. The van der Waals surface area contributed by atoms with Gasteiger partial charge in [0.15, 0.2) is 5.78 Å². The van der Waals surface area contributed by atoms with Crippen LogP contribution in [0.2, 0.25) is 5.02 Å². The van der Waals surface area contributed by atoms with E-state index in [1.54, 1.807) is 12.1 Å². The molecule has 1 aromatic carbocycles. The molecule has 0 saturated heterocycles. The Morgan fingerprint density at radius 1 is 1.55 bits per heavy atom. The van der Waals surface area contributed by atoms with Crippen LogP contribution < -0.4 is 5.43 Å². The normalized spacial score (nSPS) is 10.5. The number of ketones is 1. The highest BCUT2D eigenvalue weighted by Gasteiger charge is 2.19. The van der Waals surface area contributed by atoms with Gasteiger partial charge in [-0.1, -0.05) is 23.4 Å². The average molecular weight is 372 g/mol. The fourth-order valence-corrected chi connectivity index (χ4v) is 3.27. The predicted molar refractivity (Wildman–Crippen MR) is 83.6 cm³/mol. The second-order valence-corrected chi connectivity index (χ2v) is 6.19. The van der Waals surface area contributed by atoms with Crippen LogP contribution in [0.15, 0.2) is 26.4 Å². The summed E-state index contributed by atoms with van der Waals surface area (Å²) in [5.41, 5.74) is 0.142. The lowest BCUT2D eigenvalue weighted by Gasteiger charge is -2.09. The number of aromatic amines is 1. The second kappa shape index (κ2) is 6.00. The molecule has 102 valence electrons. The van der Waals surface area contributed by atoms with E-state index in [9.17, 15) is 9.59 Å². The molecule has 0 radical (unpaired) electrons. The maximum Gasteiger partial charge on any atom is 0.202 e. The zero-order valence-electron chi connectivity index (χ0n) is 10.3. The Hall–Kier alpha value is -1.29. The lowest BCUT2D eigenvalue weighted by molar-refractivity contribution is 0.101. The molecule has 2 aromatic rings. The Morgan fingerprint density at radius 2 is 2.25 bits per heavy atom. The van der Waals surface area contributed by atoms with Crippen molar-refractivity contribution in [2.24, 2.45) is 0 Å². The summed E-state index contributed by atoms with van der Waals surface area (Å²) < 4.78 is 0.669. The number of carbonyl (C=O) groups is 1. The lowest BCUT2D eigenvalue weighted by atomic mass is 10.1. The highest BCUT2D eigenvalue weighted by molar-refractivity contribution is 9.10. The van der Waals surface area contributed by atoms with Crippen LogP contribution >= 0.6 is 39.3 Å². The average Bonchev–Trinajstić information content (AvgIpc) is 2.39. The van der Waals surface area contributed by atoms with Crippen molar-refractivity contribution in [3.63, 3.8) is 0 Å². The van der Waals surface area contributed by atoms with Crippen molar-refractivity contribution in [3.05, 3.63) is 37.4 Å². The standard InChI is InChI=1S/C13H8BrClN2O2S/c1-6(18)9-12(19)10-8(15)3-2-7(14)11(10)17-13(9)20-5-4-16/h2-3H,5H2,1H3,(H,17,19). The summed E-state index contributed by atoms with van der Waals surface area (Å²) in [5.74, 6) is -0.218. The molecule has 0 bridgehead atoms. The maximum atomic E-state index is 12.5. The molecule has 0 aliphatic rings. The van der Waals surface area contributed by atoms with E-state index >= 15 is 0 Å². The molecule has 1 N–H and O–H groups in total. The van der Waals surface area contributed by atoms with Crippen LogP contribution in [0, 0.1) is 11.3 Å². The summed E-state index contributed by atoms with van der Waals surface area (Å²) in [5, 5.41) is 9.60. The Kier molecular flexibility index (Phi) is 4.53. The van der Waals surface area contributed by atoms with Gasteiger partial charge in [-0.25, -0.2) is 0 Å². The monoisotopic (exact) mass is 370 g/mol. The van der Waals surface area contributed by atoms with Gasteiger partial charge in [0.25, 0.3) is 0 Å². The number of pyridine rings is 1. The highest BCUT2D eigenvalue weighted by atomic mass is 79.9. The minimum Gasteiger partial charge on any atom is -0.348 e. The molecule has 4 nitrogen and oxygen atoms in total. The molecule has 0 fully saturated rings. The summed E-state index contributed by atoms with van der Waals surface area (Å²) in [7, 11) is 0. The number of nitriles is 1. The molecule has 2 rings (SSSR count). The zero-order valence-corrected chi connectivity index (χ0v) is 13.4. The van der Waals surface area contributed by atoms with Crippen molar-refractivity contribution in [1.82, 2.24) is 4.98 Å². The lowest BCUT2D eigenvalue weighted by Crippen LogP contribution is -2.17. The van der Waals surface area contributed by atoms with Crippen LogP contribution in [0.4, 0.5) is 0 Å². The number of thioether (sulfide) groups is 1. The van der Waals surface area contributed by atoms with E-state index < -0.39 is 5.43 Å². The van der Waals surface area contributed by atoms with Crippen LogP contribution in [-0.2, 0) is 0 Å². The largest absolute Gasteiger partial charge is 0.348 e. The van der Waals surface area contributed by atoms with E-state index in [4.69, 9.17) is 16.9 Å². The number of aromatic nitrogens is 1. The third-order valence-corrected chi connectivity index (χ3v) is 4.50. The van der Waals surface area contributed by atoms with Crippen molar-refractivity contribution >= 4 is 56.0 Å². The van der Waals surface area contributed by atoms with Crippen molar-refractivity contribution in [3.8, 4) is 6.07 Å². The number of benzene rings is 1. The summed E-state index contributed by atoms with van der Waals surface area (Å²) in [6.45, 7) is 1.32. The number of nitrogens with zero attached hydrogens (tertiary/aromatic N) is 1. The van der Waals surface area contributed by atoms with Gasteiger partial charge >= 0.3 is 0 Å². The number of hydrogen-bond donors (Lipinski definition) is 1. The van der Waals surface area contributed by atoms with Crippen molar-refractivity contribution in [2.75, 3.05) is 5.75 Å². The zero-order chi connectivity index (χ0) is 14.9. The van der Waals surface area contributed by atoms with Crippen LogP contribution in [0.1, 0.15) is 17.3 Å². The first-order valence-electron chi connectivity index (χ1n) is 5.52. The van der Waals surface area contributed by atoms with Crippen molar-refractivity contribution in [2.45, 2.75) is 11.9 Å². The third kappa shape index (κ3) is 2.62. The quantitative estimate of drug-likeness (QED) is 0.658. The molecule has 20 heavy (non-hydrogen) atoms. The summed E-state index contributed by atoms with van der Waals surface area (Å²) in [6.07, 6.45) is 0. The van der Waals surface area contributed by atoms with Gasteiger partial charge in [0, 0.05) is 4.47 Å². The second-order valence-electron chi connectivity index (χ2n) is 3.94. The third-order valence-electron chi connectivity index (χ3n) is 2.66. The first-order valence-corrected chi connectivity index (χ1v) is 7.67. The number of nitrogens with one attached hydrogen (secondary N) is 1. The molecule has 0 saturated carbocycles. The fraction of sp³-hybridized carbons (Fsp3) is 0.154. The van der Waals surface area contributed by atoms with E-state index in [-0.39, 0.29) is 27.5 Å². The van der Waals surface area contributed by atoms with Gasteiger partial charge in [-0.05, 0) is 35.0 Å². The van der Waals surface area contributed by atoms with Gasteiger partial charge in [-0.3, -0.25) is 9.59 Å². The van der Waals surface area contributed by atoms with Gasteiger partial charge in [0.1, 0.15) is 0 Å². The van der Waals surface area contributed by atoms with Gasteiger partial charge in [-0.15, -0.1) is 0 Å². The molecule has 0 spiro atoms. The van der Waals surface area contributed by atoms with E-state index in [0.29, 0.717) is 15.0 Å². The summed E-state index contributed by atoms with van der Waals surface area (Å²) in [6, 6.07) is 5.28. The molecule has 1 aromatic heterocycles. The number of rotatable bonds is 3. The van der Waals surface area contributed by atoms with Gasteiger partial charge in [0.05, 0.1) is 38.3 Å². The van der Waals surface area contributed by atoms with Crippen LogP contribution in [-0.4, -0.2) is 16.5 Å². The first-order chi connectivity index (χ1) is 9.47. The van der Waals surface area contributed by atoms with Crippen molar-refractivity contribution in [1.29, 1.82) is 5.26 Å². The number of H-pyrrole nitrogens is 1. The number of hydrogen-bond acceptors (Lipinski definition) is 4. The van der Waals surface area contributed by atoms with Gasteiger partial charge in [0.2, 0.25) is 5.43 Å². The van der Waals surface area contributed by atoms with Crippen LogP contribution in [0.3, 0.4) is 0 Å². The maximum absolute atomic E-state index is 12.5. The van der Waals surface area contributed by atoms with Crippen LogP contribution in [0.25, 0.3) is 10.9 Å². The molecular weight excluding hydrogens is 364 g/mol. The predicted octanol–water partition coefficient (Wildman–Crippen LogP) is 3.76. The molecular formula is C13H8BrClN2O2S. The molecule has 0 atom stereocenters. The highest BCUT2D eigenvalue weighted by Crippen LogP contribution is 2.30. The van der Waals surface area contributed by atoms with E-state index in [0.717, 1.165) is 11.8 Å². The Morgan fingerprint density at radius 3 is 2.85 bits per heavy atom. The number of Topliss-reactive ketones (excluding diaryl/α,β-unsaturated/α-hetero) is 1. The van der Waals surface area contributed by atoms with Gasteiger partial charge < -0.3 is 4.98 Å². The molecule has 7 heteroatoms. The van der Waals surface area contributed by atoms with Crippen LogP contribution in [0.5, 0.6) is 0 Å². The fourth-order valence-electron chi connectivity index (χ4n) is 1.83. The molecule has 0 aliphatic heterocycles. The smallest absolute Gasteiger partial charge is 0.202 e. The Bertz CT molecular complexity index is 811. The Labute approximate surface area is 132 Å².